The molecule has 0 saturated carbocycles. The van der Waals surface area contributed by atoms with Crippen LogP contribution in [0.4, 0.5) is 4.39 Å². The number of likely N-dealkylation sites (N-methyl/N-ethyl adjacent to an activating group) is 1. The fourth-order valence-electron chi connectivity index (χ4n) is 3.67. The van der Waals surface area contributed by atoms with Crippen LogP contribution in [0.5, 0.6) is 11.5 Å². The van der Waals surface area contributed by atoms with Crippen LogP contribution in [0, 0.1) is 5.82 Å². The first-order valence-corrected chi connectivity index (χ1v) is 9.21. The number of Topliss-reactive ketones (excluding diaryl/α,β-unsaturated/α-hetero) is 1. The molecule has 0 spiro atoms. The number of ether oxygens (including phenoxy) is 1. The molecule has 0 aromatic heterocycles. The van der Waals surface area contributed by atoms with Gasteiger partial charge >= 0.3 is 0 Å². The van der Waals surface area contributed by atoms with E-state index < -0.39 is 0 Å². The van der Waals surface area contributed by atoms with Crippen molar-refractivity contribution in [2.45, 2.75) is 6.54 Å². The maximum absolute atomic E-state index is 13.4. The molecule has 1 saturated heterocycles. The molecule has 0 aliphatic carbocycles. The predicted molar refractivity (Wildman–Crippen MR) is 98.5 cm³/mol. The SMILES string of the molecule is C[NH+]1CC[NH+](Cc2c(O)ccc3c2O/C(=C\c2cccc(F)c2)C3=O)CC1. The summed E-state index contributed by atoms with van der Waals surface area (Å²) in [6.07, 6.45) is 1.54. The van der Waals surface area contributed by atoms with Crippen molar-refractivity contribution in [1.82, 2.24) is 0 Å². The second-order valence-corrected chi connectivity index (χ2v) is 7.32. The lowest BCUT2D eigenvalue weighted by atomic mass is 10.0. The van der Waals surface area contributed by atoms with Crippen LogP contribution in [0.15, 0.2) is 42.2 Å². The third kappa shape index (κ3) is 3.59. The molecular formula is C21H23FN2O3+2. The molecule has 2 aromatic carbocycles. The quantitative estimate of drug-likeness (QED) is 0.670. The Hall–Kier alpha value is -2.70. The third-order valence-electron chi connectivity index (χ3n) is 5.30. The fourth-order valence-corrected chi connectivity index (χ4v) is 3.67. The molecule has 3 N–H and O–H groups in total. The molecule has 2 heterocycles. The number of carbonyl (C=O) groups is 1. The Balaban J connectivity index is 1.63. The summed E-state index contributed by atoms with van der Waals surface area (Å²) in [5, 5.41) is 10.4. The monoisotopic (exact) mass is 370 g/mol. The average Bonchev–Trinajstić information content (AvgIpc) is 2.95. The van der Waals surface area contributed by atoms with Crippen molar-refractivity contribution in [3.05, 3.63) is 64.7 Å². The maximum Gasteiger partial charge on any atom is 0.231 e. The van der Waals surface area contributed by atoms with Crippen LogP contribution >= 0.6 is 0 Å². The molecule has 0 amide bonds. The zero-order chi connectivity index (χ0) is 19.0. The summed E-state index contributed by atoms with van der Waals surface area (Å²) < 4.78 is 19.3. The Bertz CT molecular complexity index is 918. The number of hydrogen-bond donors (Lipinski definition) is 3. The molecular weight excluding hydrogens is 347 g/mol. The van der Waals surface area contributed by atoms with Crippen LogP contribution in [0.1, 0.15) is 21.5 Å². The van der Waals surface area contributed by atoms with E-state index in [-0.39, 0.29) is 23.1 Å². The highest BCUT2D eigenvalue weighted by Gasteiger charge is 2.33. The van der Waals surface area contributed by atoms with Gasteiger partial charge in [0.1, 0.15) is 44.3 Å². The molecule has 1 fully saturated rings. The topological polar surface area (TPSA) is 55.4 Å². The summed E-state index contributed by atoms with van der Waals surface area (Å²) in [7, 11) is 2.18. The molecule has 4 rings (SSSR count). The van der Waals surface area contributed by atoms with Gasteiger partial charge in [-0.15, -0.1) is 0 Å². The van der Waals surface area contributed by atoms with E-state index in [2.05, 4.69) is 7.05 Å². The highest BCUT2D eigenvalue weighted by atomic mass is 19.1. The van der Waals surface area contributed by atoms with Gasteiger partial charge in [0.15, 0.2) is 11.5 Å². The van der Waals surface area contributed by atoms with Crippen LogP contribution in [0.2, 0.25) is 0 Å². The lowest BCUT2D eigenvalue weighted by molar-refractivity contribution is -1.01. The average molecular weight is 370 g/mol. The van der Waals surface area contributed by atoms with Crippen LogP contribution in [-0.2, 0) is 6.54 Å². The predicted octanol–water partition coefficient (Wildman–Crippen LogP) is 0.0607. The number of fused-ring (bicyclic) bond motifs is 1. The molecule has 0 radical (unpaired) electrons. The highest BCUT2D eigenvalue weighted by molar-refractivity contribution is 6.14. The number of quaternary nitrogens is 2. The number of halogens is 1. The van der Waals surface area contributed by atoms with Crippen LogP contribution in [0.3, 0.4) is 0 Å². The second-order valence-electron chi connectivity index (χ2n) is 7.32. The fraction of sp³-hybridized carbons (Fsp3) is 0.286. The number of piperazine rings is 1. The van der Waals surface area contributed by atoms with Crippen LogP contribution in [-0.4, -0.2) is 44.1 Å². The number of rotatable bonds is 3. The Morgan fingerprint density at radius 3 is 2.70 bits per heavy atom. The van der Waals surface area contributed by atoms with Gasteiger partial charge < -0.3 is 19.6 Å². The van der Waals surface area contributed by atoms with Gasteiger partial charge in [0.05, 0.1) is 18.2 Å². The van der Waals surface area contributed by atoms with E-state index in [1.54, 1.807) is 24.3 Å². The summed E-state index contributed by atoms with van der Waals surface area (Å²) in [5.41, 5.74) is 1.67. The number of hydrogen-bond acceptors (Lipinski definition) is 3. The number of benzene rings is 2. The molecule has 2 aliphatic rings. The number of phenolic OH excluding ortho intramolecular Hbond substituents is 1. The summed E-state index contributed by atoms with van der Waals surface area (Å²) in [5.74, 6) is 0.119. The lowest BCUT2D eigenvalue weighted by Crippen LogP contribution is -3.26. The molecule has 5 nitrogen and oxygen atoms in total. The molecule has 6 heteroatoms. The second kappa shape index (κ2) is 7.13. The van der Waals surface area contributed by atoms with Crippen molar-refractivity contribution in [2.24, 2.45) is 0 Å². The van der Waals surface area contributed by atoms with Gasteiger partial charge in [-0.2, -0.15) is 0 Å². The van der Waals surface area contributed by atoms with Crippen LogP contribution < -0.4 is 14.5 Å². The minimum atomic E-state index is -0.369. The Morgan fingerprint density at radius 1 is 1.19 bits per heavy atom. The van der Waals surface area contributed by atoms with Crippen molar-refractivity contribution in [1.29, 1.82) is 0 Å². The minimum absolute atomic E-state index is 0.146. The minimum Gasteiger partial charge on any atom is -0.507 e. The first-order chi connectivity index (χ1) is 13.0. The van der Waals surface area contributed by atoms with E-state index in [9.17, 15) is 14.3 Å². The van der Waals surface area contributed by atoms with Gasteiger partial charge in [0.25, 0.3) is 0 Å². The molecule has 27 heavy (non-hydrogen) atoms. The normalized spacial score (nSPS) is 23.3. The van der Waals surface area contributed by atoms with E-state index in [4.69, 9.17) is 4.74 Å². The first kappa shape index (κ1) is 17.7. The van der Waals surface area contributed by atoms with E-state index in [1.807, 2.05) is 0 Å². The summed E-state index contributed by atoms with van der Waals surface area (Å²) in [6, 6.07) is 9.15. The maximum atomic E-state index is 13.4. The number of allylic oxidation sites excluding steroid dienone is 1. The number of nitrogens with one attached hydrogen (secondary N) is 2. The van der Waals surface area contributed by atoms with E-state index in [0.717, 1.165) is 26.2 Å². The zero-order valence-corrected chi connectivity index (χ0v) is 15.2. The van der Waals surface area contributed by atoms with Crippen molar-refractivity contribution in [3.8, 4) is 11.5 Å². The smallest absolute Gasteiger partial charge is 0.231 e. The van der Waals surface area contributed by atoms with Gasteiger partial charge in [-0.1, -0.05) is 12.1 Å². The third-order valence-corrected chi connectivity index (χ3v) is 5.30. The molecule has 2 aromatic rings. The first-order valence-electron chi connectivity index (χ1n) is 9.21. The van der Waals surface area contributed by atoms with Crippen molar-refractivity contribution < 1.29 is 28.8 Å². The molecule has 2 aliphatic heterocycles. The largest absolute Gasteiger partial charge is 0.507 e. The Labute approximate surface area is 157 Å². The number of aromatic hydroxyl groups is 1. The molecule has 0 bridgehead atoms. The summed E-state index contributed by atoms with van der Waals surface area (Å²) in [6.45, 7) is 4.79. The summed E-state index contributed by atoms with van der Waals surface area (Å²) in [4.78, 5) is 15.6. The van der Waals surface area contributed by atoms with Gasteiger partial charge in [-0.05, 0) is 35.9 Å². The van der Waals surface area contributed by atoms with Crippen LogP contribution in [0.25, 0.3) is 6.08 Å². The lowest BCUT2D eigenvalue weighted by Gasteiger charge is -2.27. The summed E-state index contributed by atoms with van der Waals surface area (Å²) >= 11 is 0. The van der Waals surface area contributed by atoms with Gasteiger partial charge in [0, 0.05) is 0 Å². The highest BCUT2D eigenvalue weighted by Crippen LogP contribution is 2.39. The zero-order valence-electron chi connectivity index (χ0n) is 15.2. The van der Waals surface area contributed by atoms with Gasteiger partial charge in [-0.25, -0.2) is 4.39 Å². The standard InChI is InChI=1S/C21H21FN2O3/c1-23-7-9-24(10-8-23)13-17-18(25)6-5-16-20(26)19(27-21(16)17)12-14-3-2-4-15(22)11-14/h2-6,11-12,25H,7-10,13H2,1H3/p+2/b19-12-. The molecule has 0 unspecified atom stereocenters. The number of ketones is 1. The van der Waals surface area contributed by atoms with Crippen molar-refractivity contribution >= 4 is 11.9 Å². The van der Waals surface area contributed by atoms with Crippen molar-refractivity contribution in [3.63, 3.8) is 0 Å². The Kier molecular flexibility index (Phi) is 4.68. The number of carbonyl (C=O) groups excluding carboxylic acids is 1. The van der Waals surface area contributed by atoms with Gasteiger partial charge in [-0.3, -0.25) is 4.79 Å². The molecule has 140 valence electrons. The van der Waals surface area contributed by atoms with E-state index in [0.29, 0.717) is 29.0 Å². The van der Waals surface area contributed by atoms with E-state index >= 15 is 0 Å². The van der Waals surface area contributed by atoms with E-state index in [1.165, 1.54) is 28.0 Å². The van der Waals surface area contributed by atoms with Gasteiger partial charge in [0.2, 0.25) is 5.78 Å². The molecule has 0 atom stereocenters. The van der Waals surface area contributed by atoms with Crippen molar-refractivity contribution in [2.75, 3.05) is 33.2 Å². The number of phenols is 1. The Morgan fingerprint density at radius 2 is 1.96 bits per heavy atom.